The fourth-order valence-corrected chi connectivity index (χ4v) is 2.98. The van der Waals surface area contributed by atoms with Crippen molar-refractivity contribution in [2.24, 2.45) is 11.8 Å². The van der Waals surface area contributed by atoms with E-state index in [1.807, 2.05) is 0 Å². The first kappa shape index (κ1) is 13.6. The molecule has 1 aliphatic heterocycles. The fourth-order valence-electron chi connectivity index (χ4n) is 2.98. The van der Waals surface area contributed by atoms with Crippen LogP contribution in [-0.2, 0) is 4.79 Å². The number of nitrogens with zero attached hydrogens (tertiary/aromatic N) is 1. The highest BCUT2D eigenvalue weighted by atomic mass is 16.2. The van der Waals surface area contributed by atoms with Crippen LogP contribution in [0.15, 0.2) is 12.2 Å². The van der Waals surface area contributed by atoms with E-state index in [4.69, 9.17) is 0 Å². The summed E-state index contributed by atoms with van der Waals surface area (Å²) in [5.41, 5.74) is 0. The van der Waals surface area contributed by atoms with E-state index in [-0.39, 0.29) is 5.92 Å². The largest absolute Gasteiger partial charge is 0.342 e. The number of rotatable bonds is 4. The van der Waals surface area contributed by atoms with Gasteiger partial charge in [0.15, 0.2) is 0 Å². The number of likely N-dealkylation sites (tertiary alicyclic amines) is 1. The Balaban J connectivity index is 1.75. The van der Waals surface area contributed by atoms with E-state index in [9.17, 15) is 4.79 Å². The fraction of sp³-hybridized carbons (Fsp3) is 0.800. The topological polar surface area (TPSA) is 32.3 Å². The number of hydrogen-bond donors (Lipinski definition) is 1. The molecule has 0 radical (unpaired) electrons. The predicted molar refractivity (Wildman–Crippen MR) is 74.3 cm³/mol. The van der Waals surface area contributed by atoms with Gasteiger partial charge in [0.05, 0.1) is 0 Å². The van der Waals surface area contributed by atoms with E-state index in [0.29, 0.717) is 5.91 Å². The maximum Gasteiger partial charge on any atom is 0.226 e. The van der Waals surface area contributed by atoms with Gasteiger partial charge in [-0.05, 0) is 51.1 Å². The molecule has 0 bridgehead atoms. The van der Waals surface area contributed by atoms with Crippen LogP contribution >= 0.6 is 0 Å². The Hall–Kier alpha value is -0.830. The van der Waals surface area contributed by atoms with Crippen molar-refractivity contribution in [3.05, 3.63) is 12.2 Å². The molecule has 1 N–H and O–H groups in total. The minimum Gasteiger partial charge on any atom is -0.342 e. The first-order valence-corrected chi connectivity index (χ1v) is 7.45. The molecule has 3 nitrogen and oxygen atoms in total. The van der Waals surface area contributed by atoms with Gasteiger partial charge in [0, 0.05) is 19.0 Å². The Bertz CT molecular complexity index is 293. The Labute approximate surface area is 111 Å². The Morgan fingerprint density at radius 1 is 1.28 bits per heavy atom. The zero-order valence-corrected chi connectivity index (χ0v) is 11.5. The summed E-state index contributed by atoms with van der Waals surface area (Å²) in [4.78, 5) is 14.5. The lowest BCUT2D eigenvalue weighted by Crippen LogP contribution is -2.43. The third-order valence-electron chi connectivity index (χ3n) is 4.23. The molecule has 0 aromatic rings. The Kier molecular flexibility index (Phi) is 5.24. The molecule has 1 unspecified atom stereocenters. The van der Waals surface area contributed by atoms with Gasteiger partial charge in [0.1, 0.15) is 0 Å². The predicted octanol–water partition coefficient (Wildman–Crippen LogP) is 2.19. The average Bonchev–Trinajstić information content (AvgIpc) is 2.46. The van der Waals surface area contributed by atoms with Gasteiger partial charge in [-0.2, -0.15) is 0 Å². The summed E-state index contributed by atoms with van der Waals surface area (Å²) in [6, 6.07) is 0. The van der Waals surface area contributed by atoms with Crippen LogP contribution < -0.4 is 5.32 Å². The molecule has 2 aliphatic rings. The molecule has 1 atom stereocenters. The van der Waals surface area contributed by atoms with Crippen LogP contribution in [0.4, 0.5) is 0 Å². The molecular formula is C15H26N2O. The third-order valence-corrected chi connectivity index (χ3v) is 4.23. The van der Waals surface area contributed by atoms with Crippen molar-refractivity contribution in [2.45, 2.75) is 39.0 Å². The molecule has 102 valence electrons. The quantitative estimate of drug-likeness (QED) is 0.776. The van der Waals surface area contributed by atoms with Crippen LogP contribution in [0.3, 0.4) is 0 Å². The molecule has 1 aliphatic carbocycles. The monoisotopic (exact) mass is 250 g/mol. The number of carbonyl (C=O) groups is 1. The average molecular weight is 250 g/mol. The van der Waals surface area contributed by atoms with Gasteiger partial charge in [0.25, 0.3) is 0 Å². The second kappa shape index (κ2) is 6.93. The van der Waals surface area contributed by atoms with Crippen molar-refractivity contribution in [3.63, 3.8) is 0 Å². The summed E-state index contributed by atoms with van der Waals surface area (Å²) in [5.74, 6) is 1.43. The molecular weight excluding hydrogens is 224 g/mol. The van der Waals surface area contributed by atoms with Gasteiger partial charge in [-0.3, -0.25) is 4.79 Å². The van der Waals surface area contributed by atoms with Gasteiger partial charge in [0.2, 0.25) is 5.91 Å². The van der Waals surface area contributed by atoms with Crippen molar-refractivity contribution in [3.8, 4) is 0 Å². The van der Waals surface area contributed by atoms with Crippen molar-refractivity contribution in [1.29, 1.82) is 0 Å². The lowest BCUT2D eigenvalue weighted by Gasteiger charge is -2.34. The van der Waals surface area contributed by atoms with Crippen LogP contribution in [0.1, 0.15) is 39.0 Å². The van der Waals surface area contributed by atoms with Crippen LogP contribution in [0.5, 0.6) is 0 Å². The number of hydrogen-bond acceptors (Lipinski definition) is 2. The van der Waals surface area contributed by atoms with Gasteiger partial charge < -0.3 is 10.2 Å². The van der Waals surface area contributed by atoms with Gasteiger partial charge >= 0.3 is 0 Å². The zero-order chi connectivity index (χ0) is 12.8. The maximum atomic E-state index is 12.4. The van der Waals surface area contributed by atoms with E-state index in [0.717, 1.165) is 51.4 Å². The molecule has 2 rings (SSSR count). The highest BCUT2D eigenvalue weighted by Crippen LogP contribution is 2.24. The molecule has 3 heteroatoms. The van der Waals surface area contributed by atoms with Crippen LogP contribution in [-0.4, -0.2) is 37.0 Å². The van der Waals surface area contributed by atoms with E-state index >= 15 is 0 Å². The van der Waals surface area contributed by atoms with Crippen LogP contribution in [0.2, 0.25) is 0 Å². The van der Waals surface area contributed by atoms with Gasteiger partial charge in [-0.15, -0.1) is 0 Å². The van der Waals surface area contributed by atoms with Crippen LogP contribution in [0, 0.1) is 11.8 Å². The van der Waals surface area contributed by atoms with Crippen molar-refractivity contribution >= 4 is 5.91 Å². The highest BCUT2D eigenvalue weighted by Gasteiger charge is 2.27. The molecule has 0 spiro atoms. The molecule has 0 aromatic carbocycles. The molecule has 0 saturated carbocycles. The lowest BCUT2D eigenvalue weighted by molar-refractivity contribution is -0.137. The SMILES string of the molecule is CCNCC1CCN(C(=O)C2CC=CCC2)CC1. The summed E-state index contributed by atoms with van der Waals surface area (Å²) in [7, 11) is 0. The summed E-state index contributed by atoms with van der Waals surface area (Å²) in [5, 5.41) is 3.41. The first-order chi connectivity index (χ1) is 8.81. The number of piperidine rings is 1. The second-order valence-electron chi connectivity index (χ2n) is 5.56. The Morgan fingerprint density at radius 3 is 2.67 bits per heavy atom. The summed E-state index contributed by atoms with van der Waals surface area (Å²) < 4.78 is 0. The molecule has 1 amide bonds. The number of nitrogens with one attached hydrogen (secondary N) is 1. The van der Waals surface area contributed by atoms with E-state index in [1.54, 1.807) is 0 Å². The highest BCUT2D eigenvalue weighted by molar-refractivity contribution is 5.79. The van der Waals surface area contributed by atoms with Crippen molar-refractivity contribution < 1.29 is 4.79 Å². The smallest absolute Gasteiger partial charge is 0.226 e. The molecule has 1 saturated heterocycles. The number of allylic oxidation sites excluding steroid dienone is 2. The van der Waals surface area contributed by atoms with E-state index < -0.39 is 0 Å². The second-order valence-corrected chi connectivity index (χ2v) is 5.56. The minimum atomic E-state index is 0.264. The number of carbonyl (C=O) groups excluding carboxylic acids is 1. The standard InChI is InChI=1S/C15H26N2O/c1-2-16-12-13-8-10-17(11-9-13)15(18)14-6-4-3-5-7-14/h3-4,13-14,16H,2,5-12H2,1H3. The summed E-state index contributed by atoms with van der Waals surface area (Å²) >= 11 is 0. The van der Waals surface area contributed by atoms with E-state index in [1.165, 1.54) is 12.8 Å². The van der Waals surface area contributed by atoms with Gasteiger partial charge in [-0.25, -0.2) is 0 Å². The molecule has 1 fully saturated rings. The third kappa shape index (κ3) is 3.58. The van der Waals surface area contributed by atoms with Crippen LogP contribution in [0.25, 0.3) is 0 Å². The number of amides is 1. The van der Waals surface area contributed by atoms with Crippen molar-refractivity contribution in [1.82, 2.24) is 10.2 Å². The van der Waals surface area contributed by atoms with Gasteiger partial charge in [-0.1, -0.05) is 19.1 Å². The molecule has 0 aromatic heterocycles. The summed E-state index contributed by atoms with van der Waals surface area (Å²) in [6.07, 6.45) is 9.79. The first-order valence-electron chi connectivity index (χ1n) is 7.45. The maximum absolute atomic E-state index is 12.4. The summed E-state index contributed by atoms with van der Waals surface area (Å²) in [6.45, 7) is 6.25. The zero-order valence-electron chi connectivity index (χ0n) is 11.5. The lowest BCUT2D eigenvalue weighted by atomic mass is 9.91. The normalized spacial score (nSPS) is 25.4. The molecule has 18 heavy (non-hydrogen) atoms. The minimum absolute atomic E-state index is 0.264. The molecule has 1 heterocycles. The van der Waals surface area contributed by atoms with E-state index in [2.05, 4.69) is 29.3 Å². The Morgan fingerprint density at radius 2 is 2.06 bits per heavy atom. The van der Waals surface area contributed by atoms with Crippen molar-refractivity contribution in [2.75, 3.05) is 26.2 Å².